The molecule has 1 saturated heterocycles. The number of likely N-dealkylation sites (N-methyl/N-ethyl adjacent to an activating group) is 1. The van der Waals surface area contributed by atoms with E-state index in [1.165, 1.54) is 32.0 Å². The molecule has 1 saturated carbocycles. The van der Waals surface area contributed by atoms with Gasteiger partial charge in [-0.15, -0.1) is 0 Å². The summed E-state index contributed by atoms with van der Waals surface area (Å²) in [6.07, 6.45) is 9.68. The molecule has 2 fully saturated rings. The number of rotatable bonds is 6. The fraction of sp³-hybridized carbons (Fsp3) is 0.722. The number of carbonyl (C=O) groups excluding carboxylic acids is 1. The Balaban J connectivity index is 1.43. The van der Waals surface area contributed by atoms with Gasteiger partial charge in [-0.1, -0.05) is 25.7 Å². The molecule has 0 aromatic carbocycles. The lowest BCUT2D eigenvalue weighted by Crippen LogP contribution is -2.28. The number of amides is 1. The molecular weight excluding hydrogens is 318 g/mol. The maximum absolute atomic E-state index is 11.8. The first-order chi connectivity index (χ1) is 12.2. The van der Waals surface area contributed by atoms with Crippen molar-refractivity contribution in [2.45, 2.75) is 57.2 Å². The molecule has 0 N–H and O–H groups in total. The lowest BCUT2D eigenvalue weighted by molar-refractivity contribution is -0.111. The fourth-order valence-electron chi connectivity index (χ4n) is 4.19. The SMILES string of the molecule is CN1CCC(OC(CC2=NC3=NC=NC(=O)C3=N2)CC2CCCC2)C1. The highest BCUT2D eigenvalue weighted by Crippen LogP contribution is 2.31. The molecule has 7 heteroatoms. The lowest BCUT2D eigenvalue weighted by atomic mass is 9.97. The van der Waals surface area contributed by atoms with Crippen molar-refractivity contribution in [3.05, 3.63) is 0 Å². The average molecular weight is 343 g/mol. The van der Waals surface area contributed by atoms with Crippen LogP contribution in [0.5, 0.6) is 0 Å². The predicted molar refractivity (Wildman–Crippen MR) is 97.8 cm³/mol. The summed E-state index contributed by atoms with van der Waals surface area (Å²) >= 11 is 0. The van der Waals surface area contributed by atoms with Crippen molar-refractivity contribution in [2.75, 3.05) is 20.1 Å². The molecule has 0 radical (unpaired) electrons. The van der Waals surface area contributed by atoms with Crippen molar-refractivity contribution in [1.82, 2.24) is 4.90 Å². The molecule has 1 aliphatic carbocycles. The van der Waals surface area contributed by atoms with Crippen molar-refractivity contribution in [3.8, 4) is 0 Å². The number of aliphatic imine (C=N–C) groups is 4. The van der Waals surface area contributed by atoms with Gasteiger partial charge < -0.3 is 9.64 Å². The first-order valence-electron chi connectivity index (χ1n) is 9.32. The third-order valence-electron chi connectivity index (χ3n) is 5.46. The van der Waals surface area contributed by atoms with Gasteiger partial charge >= 0.3 is 5.91 Å². The van der Waals surface area contributed by atoms with Crippen LogP contribution in [0.25, 0.3) is 0 Å². The van der Waals surface area contributed by atoms with Crippen LogP contribution in [0.15, 0.2) is 20.0 Å². The number of fused-ring (bicyclic) bond motifs is 1. The zero-order valence-electron chi connectivity index (χ0n) is 14.7. The van der Waals surface area contributed by atoms with Gasteiger partial charge in [0, 0.05) is 19.5 Å². The third-order valence-corrected chi connectivity index (χ3v) is 5.46. The van der Waals surface area contributed by atoms with E-state index in [0.29, 0.717) is 18.1 Å². The van der Waals surface area contributed by atoms with Crippen molar-refractivity contribution in [1.29, 1.82) is 0 Å². The van der Waals surface area contributed by atoms with E-state index in [2.05, 4.69) is 31.9 Å². The number of hydrogen-bond acceptors (Lipinski definition) is 6. The van der Waals surface area contributed by atoms with E-state index in [0.717, 1.165) is 31.8 Å². The molecule has 0 aromatic heterocycles. The minimum atomic E-state index is -0.352. The second kappa shape index (κ2) is 7.25. The number of likely N-dealkylation sites (tertiary alicyclic amines) is 1. The molecule has 3 heterocycles. The minimum absolute atomic E-state index is 0.111. The van der Waals surface area contributed by atoms with Gasteiger partial charge in [-0.2, -0.15) is 4.99 Å². The molecule has 134 valence electrons. The Morgan fingerprint density at radius 1 is 1.28 bits per heavy atom. The van der Waals surface area contributed by atoms with Gasteiger partial charge in [0.2, 0.25) is 0 Å². The molecule has 4 aliphatic rings. The van der Waals surface area contributed by atoms with E-state index in [4.69, 9.17) is 4.74 Å². The van der Waals surface area contributed by atoms with Gasteiger partial charge in [0.15, 0.2) is 11.5 Å². The first kappa shape index (κ1) is 16.7. The highest BCUT2D eigenvalue weighted by molar-refractivity contribution is 6.71. The zero-order valence-corrected chi connectivity index (χ0v) is 14.7. The Labute approximate surface area is 148 Å². The van der Waals surface area contributed by atoms with Crippen LogP contribution in [-0.4, -0.2) is 66.9 Å². The summed E-state index contributed by atoms with van der Waals surface area (Å²) < 4.78 is 6.44. The van der Waals surface area contributed by atoms with Crippen LogP contribution in [0.4, 0.5) is 0 Å². The number of nitrogens with zero attached hydrogens (tertiary/aromatic N) is 5. The van der Waals surface area contributed by atoms with E-state index in [1.54, 1.807) is 0 Å². The summed E-state index contributed by atoms with van der Waals surface area (Å²) in [6, 6.07) is 0. The topological polar surface area (TPSA) is 79.0 Å². The summed E-state index contributed by atoms with van der Waals surface area (Å²) in [4.78, 5) is 30.6. The Morgan fingerprint density at radius 2 is 2.12 bits per heavy atom. The largest absolute Gasteiger partial charge is 0.373 e. The molecule has 1 amide bonds. The summed E-state index contributed by atoms with van der Waals surface area (Å²) in [5, 5.41) is 0. The maximum Gasteiger partial charge on any atom is 0.301 e. The van der Waals surface area contributed by atoms with Gasteiger partial charge in [-0.3, -0.25) is 4.79 Å². The number of hydrogen-bond donors (Lipinski definition) is 0. The molecule has 0 bridgehead atoms. The Bertz CT molecular complexity index is 660. The van der Waals surface area contributed by atoms with Crippen LogP contribution in [0.3, 0.4) is 0 Å². The standard InChI is InChI=1S/C18H25N5O2/c1-23-7-6-13(10-23)25-14(8-12-4-2-3-5-12)9-15-21-16-17(22-15)19-11-20-18(16)24/h11-14H,2-10H2,1H3. The summed E-state index contributed by atoms with van der Waals surface area (Å²) in [5.74, 6) is 1.44. The zero-order chi connectivity index (χ0) is 17.2. The quantitative estimate of drug-likeness (QED) is 0.738. The molecule has 2 unspecified atom stereocenters. The Morgan fingerprint density at radius 3 is 2.84 bits per heavy atom. The van der Waals surface area contributed by atoms with Gasteiger partial charge in [0.25, 0.3) is 0 Å². The predicted octanol–water partition coefficient (Wildman–Crippen LogP) is 1.87. The number of ether oxygens (including phenoxy) is 1. The average Bonchev–Trinajstić information content (AvgIpc) is 3.30. The van der Waals surface area contributed by atoms with Crippen LogP contribution >= 0.6 is 0 Å². The molecule has 3 aliphatic heterocycles. The van der Waals surface area contributed by atoms with Gasteiger partial charge in [0.05, 0.1) is 12.2 Å². The molecule has 0 spiro atoms. The Kier molecular flexibility index (Phi) is 4.85. The molecule has 25 heavy (non-hydrogen) atoms. The number of carbonyl (C=O) groups is 1. The molecule has 2 atom stereocenters. The molecule has 0 aromatic rings. The normalized spacial score (nSPS) is 28.1. The van der Waals surface area contributed by atoms with Crippen molar-refractivity contribution in [2.24, 2.45) is 25.9 Å². The lowest BCUT2D eigenvalue weighted by Gasteiger charge is -2.24. The third kappa shape index (κ3) is 3.93. The van der Waals surface area contributed by atoms with Crippen LogP contribution in [-0.2, 0) is 9.53 Å². The maximum atomic E-state index is 11.8. The van der Waals surface area contributed by atoms with Gasteiger partial charge in [-0.05, 0) is 25.8 Å². The van der Waals surface area contributed by atoms with E-state index in [-0.39, 0.29) is 23.8 Å². The van der Waals surface area contributed by atoms with Crippen LogP contribution in [0.1, 0.15) is 44.9 Å². The smallest absolute Gasteiger partial charge is 0.301 e. The van der Waals surface area contributed by atoms with Crippen molar-refractivity contribution >= 4 is 29.6 Å². The summed E-state index contributed by atoms with van der Waals surface area (Å²) in [5.41, 5.74) is 0.276. The summed E-state index contributed by atoms with van der Waals surface area (Å²) in [7, 11) is 2.14. The summed E-state index contributed by atoms with van der Waals surface area (Å²) in [6.45, 7) is 2.08. The molecular formula is C18H25N5O2. The van der Waals surface area contributed by atoms with E-state index in [9.17, 15) is 4.79 Å². The van der Waals surface area contributed by atoms with Gasteiger partial charge in [-0.25, -0.2) is 15.0 Å². The second-order valence-electron chi connectivity index (χ2n) is 7.51. The minimum Gasteiger partial charge on any atom is -0.373 e. The fourth-order valence-corrected chi connectivity index (χ4v) is 4.19. The highest BCUT2D eigenvalue weighted by atomic mass is 16.5. The van der Waals surface area contributed by atoms with Crippen molar-refractivity contribution < 1.29 is 9.53 Å². The first-order valence-corrected chi connectivity index (χ1v) is 9.32. The highest BCUT2D eigenvalue weighted by Gasteiger charge is 2.31. The second-order valence-corrected chi connectivity index (χ2v) is 7.51. The number of amidine groups is 2. The molecule has 7 nitrogen and oxygen atoms in total. The monoisotopic (exact) mass is 343 g/mol. The van der Waals surface area contributed by atoms with E-state index >= 15 is 0 Å². The van der Waals surface area contributed by atoms with Crippen LogP contribution < -0.4 is 0 Å². The van der Waals surface area contributed by atoms with Gasteiger partial charge in [0.1, 0.15) is 12.2 Å². The van der Waals surface area contributed by atoms with Crippen molar-refractivity contribution in [3.63, 3.8) is 0 Å². The van der Waals surface area contributed by atoms with Crippen LogP contribution in [0, 0.1) is 5.92 Å². The Hall–Kier alpha value is -1.73. The molecule has 4 rings (SSSR count). The van der Waals surface area contributed by atoms with E-state index < -0.39 is 0 Å². The van der Waals surface area contributed by atoms with E-state index in [1.807, 2.05) is 0 Å². The van der Waals surface area contributed by atoms with Crippen LogP contribution in [0.2, 0.25) is 0 Å².